The summed E-state index contributed by atoms with van der Waals surface area (Å²) < 4.78 is 4.98. The molecule has 0 aliphatic rings. The second-order valence-corrected chi connectivity index (χ2v) is 5.22. The number of halogens is 2. The smallest absolute Gasteiger partial charge is 0.230 e. The van der Waals surface area contributed by atoms with E-state index in [1.807, 2.05) is 6.07 Å². The number of aryl methyl sites for hydroxylation is 1. The lowest BCUT2D eigenvalue weighted by molar-refractivity contribution is 0.400. The molecule has 0 bridgehead atoms. The molecule has 0 atom stereocenters. The first-order valence-corrected chi connectivity index (χ1v) is 7.12. The maximum absolute atomic E-state index is 6.14. The predicted molar refractivity (Wildman–Crippen MR) is 86.3 cm³/mol. The van der Waals surface area contributed by atoms with Crippen LogP contribution in [0.3, 0.4) is 0 Å². The van der Waals surface area contributed by atoms with Crippen molar-refractivity contribution in [3.63, 3.8) is 0 Å². The molecule has 112 valence electrons. The van der Waals surface area contributed by atoms with Crippen LogP contribution in [-0.2, 0) is 0 Å². The first-order chi connectivity index (χ1) is 10.6. The van der Waals surface area contributed by atoms with Crippen LogP contribution in [0.1, 0.15) is 5.76 Å². The summed E-state index contributed by atoms with van der Waals surface area (Å²) in [6.45, 7) is 1.80. The van der Waals surface area contributed by atoms with E-state index < -0.39 is 0 Å². The van der Waals surface area contributed by atoms with Gasteiger partial charge in [0.15, 0.2) is 5.82 Å². The minimum atomic E-state index is 0.386. The Hall–Kier alpha value is -2.31. The molecular weight excluding hydrogens is 325 g/mol. The van der Waals surface area contributed by atoms with E-state index in [-0.39, 0.29) is 0 Å². The molecule has 2 aromatic heterocycles. The highest BCUT2D eigenvalue weighted by molar-refractivity contribution is 6.43. The first kappa shape index (κ1) is 14.6. The van der Waals surface area contributed by atoms with Crippen LogP contribution in [-0.4, -0.2) is 15.1 Å². The third kappa shape index (κ3) is 3.29. The van der Waals surface area contributed by atoms with Gasteiger partial charge in [0.25, 0.3) is 0 Å². The zero-order valence-corrected chi connectivity index (χ0v) is 13.0. The van der Waals surface area contributed by atoms with Crippen molar-refractivity contribution in [2.75, 3.05) is 10.6 Å². The van der Waals surface area contributed by atoms with E-state index in [1.165, 1.54) is 0 Å². The zero-order chi connectivity index (χ0) is 15.5. The van der Waals surface area contributed by atoms with Gasteiger partial charge >= 0.3 is 0 Å². The zero-order valence-electron chi connectivity index (χ0n) is 11.5. The lowest BCUT2D eigenvalue weighted by Gasteiger charge is -2.09. The lowest BCUT2D eigenvalue weighted by Crippen LogP contribution is -2.00. The van der Waals surface area contributed by atoms with Crippen molar-refractivity contribution in [2.24, 2.45) is 0 Å². The molecule has 0 radical (unpaired) electrons. The van der Waals surface area contributed by atoms with Crippen molar-refractivity contribution in [1.29, 1.82) is 0 Å². The predicted octanol–water partition coefficient (Wildman–Crippen LogP) is 4.57. The number of rotatable bonds is 4. The number of anilines is 4. The van der Waals surface area contributed by atoms with Crippen LogP contribution in [0.5, 0.6) is 0 Å². The van der Waals surface area contributed by atoms with Gasteiger partial charge in [-0.1, -0.05) is 34.4 Å². The van der Waals surface area contributed by atoms with Gasteiger partial charge < -0.3 is 15.2 Å². The van der Waals surface area contributed by atoms with Gasteiger partial charge in [0.1, 0.15) is 11.6 Å². The molecule has 0 amide bonds. The highest BCUT2D eigenvalue weighted by Gasteiger charge is 2.07. The SMILES string of the molecule is Cc1cc(Nc2nccc(Nc3cccc(Cl)c3Cl)n2)no1. The Morgan fingerprint density at radius 1 is 1.09 bits per heavy atom. The van der Waals surface area contributed by atoms with E-state index in [0.29, 0.717) is 39.1 Å². The molecule has 2 heterocycles. The Bertz CT molecular complexity index is 805. The van der Waals surface area contributed by atoms with Crippen molar-refractivity contribution in [2.45, 2.75) is 6.92 Å². The molecule has 1 aromatic carbocycles. The summed E-state index contributed by atoms with van der Waals surface area (Å²) >= 11 is 12.1. The number of hydrogen-bond donors (Lipinski definition) is 2. The maximum atomic E-state index is 6.14. The van der Waals surface area contributed by atoms with E-state index in [2.05, 4.69) is 25.8 Å². The van der Waals surface area contributed by atoms with Crippen LogP contribution >= 0.6 is 23.2 Å². The third-order valence-electron chi connectivity index (χ3n) is 2.74. The Labute approximate surface area is 136 Å². The van der Waals surface area contributed by atoms with Crippen LogP contribution in [0.2, 0.25) is 10.0 Å². The molecule has 22 heavy (non-hydrogen) atoms. The van der Waals surface area contributed by atoms with Gasteiger partial charge in [-0.25, -0.2) is 4.98 Å². The van der Waals surface area contributed by atoms with Gasteiger partial charge in [0, 0.05) is 12.3 Å². The molecule has 0 aliphatic carbocycles. The first-order valence-electron chi connectivity index (χ1n) is 6.36. The molecule has 0 unspecified atom stereocenters. The van der Waals surface area contributed by atoms with E-state index in [1.54, 1.807) is 37.4 Å². The van der Waals surface area contributed by atoms with Gasteiger partial charge in [-0.2, -0.15) is 4.98 Å². The van der Waals surface area contributed by atoms with Crippen molar-refractivity contribution in [1.82, 2.24) is 15.1 Å². The quantitative estimate of drug-likeness (QED) is 0.727. The summed E-state index contributed by atoms with van der Waals surface area (Å²) in [6.07, 6.45) is 1.61. The van der Waals surface area contributed by atoms with E-state index >= 15 is 0 Å². The van der Waals surface area contributed by atoms with Gasteiger partial charge in [0.2, 0.25) is 5.95 Å². The Morgan fingerprint density at radius 3 is 2.73 bits per heavy atom. The van der Waals surface area contributed by atoms with Crippen molar-refractivity contribution in [3.05, 3.63) is 52.3 Å². The lowest BCUT2D eigenvalue weighted by atomic mass is 10.3. The second-order valence-electron chi connectivity index (χ2n) is 4.44. The fourth-order valence-electron chi connectivity index (χ4n) is 1.77. The molecule has 2 N–H and O–H groups in total. The van der Waals surface area contributed by atoms with Crippen LogP contribution in [0.25, 0.3) is 0 Å². The molecule has 6 nitrogen and oxygen atoms in total. The fraction of sp³-hybridized carbons (Fsp3) is 0.0714. The van der Waals surface area contributed by atoms with Crippen LogP contribution in [0.4, 0.5) is 23.3 Å². The summed E-state index contributed by atoms with van der Waals surface area (Å²) in [4.78, 5) is 8.45. The van der Waals surface area contributed by atoms with E-state index in [4.69, 9.17) is 27.7 Å². The molecule has 0 aliphatic heterocycles. The van der Waals surface area contributed by atoms with Gasteiger partial charge in [-0.3, -0.25) is 0 Å². The minimum absolute atomic E-state index is 0.386. The third-order valence-corrected chi connectivity index (χ3v) is 3.56. The number of benzene rings is 1. The molecule has 0 fully saturated rings. The van der Waals surface area contributed by atoms with Gasteiger partial charge in [0.05, 0.1) is 15.7 Å². The average Bonchev–Trinajstić information content (AvgIpc) is 2.89. The molecule has 3 aromatic rings. The highest BCUT2D eigenvalue weighted by Crippen LogP contribution is 2.31. The molecule has 0 spiro atoms. The number of nitrogens with zero attached hydrogens (tertiary/aromatic N) is 3. The molecule has 0 saturated heterocycles. The second kappa shape index (κ2) is 6.21. The summed E-state index contributed by atoms with van der Waals surface area (Å²) in [5.74, 6) is 2.19. The molecular formula is C14H11Cl2N5O. The van der Waals surface area contributed by atoms with Crippen molar-refractivity contribution >= 4 is 46.5 Å². The topological polar surface area (TPSA) is 75.9 Å². The summed E-state index contributed by atoms with van der Waals surface area (Å²) in [5.41, 5.74) is 0.663. The van der Waals surface area contributed by atoms with E-state index in [9.17, 15) is 0 Å². The molecule has 8 heteroatoms. The molecule has 3 rings (SSSR count). The van der Waals surface area contributed by atoms with Crippen LogP contribution in [0.15, 0.2) is 41.1 Å². The maximum Gasteiger partial charge on any atom is 0.230 e. The Kier molecular flexibility index (Phi) is 4.13. The van der Waals surface area contributed by atoms with Gasteiger partial charge in [-0.15, -0.1) is 0 Å². The minimum Gasteiger partial charge on any atom is -0.360 e. The Morgan fingerprint density at radius 2 is 1.95 bits per heavy atom. The van der Waals surface area contributed by atoms with Gasteiger partial charge in [-0.05, 0) is 25.1 Å². The normalized spacial score (nSPS) is 10.5. The van der Waals surface area contributed by atoms with Crippen molar-refractivity contribution < 1.29 is 4.52 Å². The highest BCUT2D eigenvalue weighted by atomic mass is 35.5. The number of aromatic nitrogens is 3. The van der Waals surface area contributed by atoms with E-state index in [0.717, 1.165) is 0 Å². The Balaban J connectivity index is 1.80. The molecule has 0 saturated carbocycles. The fourth-order valence-corrected chi connectivity index (χ4v) is 2.11. The standard InChI is InChI=1S/C14H11Cl2N5O/c1-8-7-12(21-22-8)20-14-17-6-5-11(19-14)18-10-4-2-3-9(15)13(10)16/h2-7H,1H3,(H2,17,18,19,20,21). The summed E-state index contributed by atoms with van der Waals surface area (Å²) in [6, 6.07) is 8.79. The van der Waals surface area contributed by atoms with Crippen LogP contribution < -0.4 is 10.6 Å². The summed E-state index contributed by atoms with van der Waals surface area (Å²) in [7, 11) is 0. The summed E-state index contributed by atoms with van der Waals surface area (Å²) in [5, 5.41) is 10.8. The monoisotopic (exact) mass is 335 g/mol. The average molecular weight is 336 g/mol. The van der Waals surface area contributed by atoms with Crippen LogP contribution in [0, 0.1) is 6.92 Å². The largest absolute Gasteiger partial charge is 0.360 e. The number of nitrogens with one attached hydrogen (secondary N) is 2. The number of hydrogen-bond acceptors (Lipinski definition) is 6. The van der Waals surface area contributed by atoms with Crippen molar-refractivity contribution in [3.8, 4) is 0 Å².